The molecular formula is C14H19NO4. The maximum atomic E-state index is 11.4. The van der Waals surface area contributed by atoms with Crippen LogP contribution >= 0.6 is 0 Å². The first kappa shape index (κ1) is 13.7. The Morgan fingerprint density at radius 3 is 2.63 bits per heavy atom. The number of hydrogen-bond donors (Lipinski definition) is 1. The summed E-state index contributed by atoms with van der Waals surface area (Å²) in [7, 11) is 3.72. The molecule has 0 aliphatic carbocycles. The van der Waals surface area contributed by atoms with Crippen molar-refractivity contribution in [2.24, 2.45) is 0 Å². The van der Waals surface area contributed by atoms with E-state index >= 15 is 0 Å². The standard InChI is InChI=1S/C14H19NO4/c1-15(2)9-11(14(16)17)10-4-5-12-13(8-10)19-7-3-6-18-12/h4-5,8,11H,3,6-7,9H2,1-2H3,(H,16,17). The molecule has 1 aromatic rings. The van der Waals surface area contributed by atoms with E-state index in [-0.39, 0.29) is 0 Å². The lowest BCUT2D eigenvalue weighted by molar-refractivity contribution is -0.139. The molecule has 2 rings (SSSR count). The Hall–Kier alpha value is -1.75. The van der Waals surface area contributed by atoms with Gasteiger partial charge in [-0.15, -0.1) is 0 Å². The average Bonchev–Trinajstić information content (AvgIpc) is 2.59. The van der Waals surface area contributed by atoms with Gasteiger partial charge in [-0.3, -0.25) is 4.79 Å². The molecule has 1 unspecified atom stereocenters. The Kier molecular flexibility index (Phi) is 4.27. The molecule has 1 aliphatic rings. The number of carboxylic acid groups (broad SMARTS) is 1. The molecule has 5 nitrogen and oxygen atoms in total. The van der Waals surface area contributed by atoms with E-state index in [1.807, 2.05) is 19.0 Å². The molecule has 19 heavy (non-hydrogen) atoms. The minimum absolute atomic E-state index is 0.453. The number of ether oxygens (including phenoxy) is 2. The second kappa shape index (κ2) is 5.93. The summed E-state index contributed by atoms with van der Waals surface area (Å²) in [4.78, 5) is 13.2. The minimum Gasteiger partial charge on any atom is -0.490 e. The quantitative estimate of drug-likeness (QED) is 0.895. The van der Waals surface area contributed by atoms with Crippen LogP contribution in [0.5, 0.6) is 11.5 Å². The molecule has 0 radical (unpaired) electrons. The number of nitrogens with zero attached hydrogens (tertiary/aromatic N) is 1. The van der Waals surface area contributed by atoms with E-state index in [0.717, 1.165) is 12.0 Å². The van der Waals surface area contributed by atoms with Crippen LogP contribution in [-0.2, 0) is 4.79 Å². The number of benzene rings is 1. The molecule has 0 amide bonds. The smallest absolute Gasteiger partial charge is 0.312 e. The summed E-state index contributed by atoms with van der Waals surface area (Å²) in [6.45, 7) is 1.68. The van der Waals surface area contributed by atoms with Gasteiger partial charge in [-0.1, -0.05) is 6.07 Å². The summed E-state index contributed by atoms with van der Waals surface area (Å²) in [5.41, 5.74) is 0.741. The van der Waals surface area contributed by atoms with Gasteiger partial charge in [0, 0.05) is 13.0 Å². The van der Waals surface area contributed by atoms with Gasteiger partial charge in [0.25, 0.3) is 0 Å². The van der Waals surface area contributed by atoms with Gasteiger partial charge in [0.05, 0.1) is 19.1 Å². The monoisotopic (exact) mass is 265 g/mol. The molecule has 5 heteroatoms. The van der Waals surface area contributed by atoms with E-state index < -0.39 is 11.9 Å². The summed E-state index contributed by atoms with van der Waals surface area (Å²) >= 11 is 0. The minimum atomic E-state index is -0.830. The second-order valence-electron chi connectivity index (χ2n) is 4.91. The Labute approximate surface area is 112 Å². The van der Waals surface area contributed by atoms with E-state index in [9.17, 15) is 9.90 Å². The molecule has 0 spiro atoms. The Bertz CT molecular complexity index is 459. The van der Waals surface area contributed by atoms with Crippen molar-refractivity contribution in [3.63, 3.8) is 0 Å². The van der Waals surface area contributed by atoms with Crippen LogP contribution in [0.25, 0.3) is 0 Å². The highest BCUT2D eigenvalue weighted by molar-refractivity contribution is 5.76. The van der Waals surface area contributed by atoms with Gasteiger partial charge in [-0.05, 0) is 31.8 Å². The number of carbonyl (C=O) groups is 1. The number of rotatable bonds is 4. The fourth-order valence-corrected chi connectivity index (χ4v) is 2.09. The molecule has 1 aliphatic heterocycles. The number of aliphatic carboxylic acids is 1. The van der Waals surface area contributed by atoms with E-state index in [0.29, 0.717) is 31.3 Å². The van der Waals surface area contributed by atoms with Gasteiger partial charge in [-0.25, -0.2) is 0 Å². The van der Waals surface area contributed by atoms with Crippen molar-refractivity contribution in [1.29, 1.82) is 0 Å². The van der Waals surface area contributed by atoms with Crippen LogP contribution in [0.4, 0.5) is 0 Å². The highest BCUT2D eigenvalue weighted by Crippen LogP contribution is 2.33. The third-order valence-electron chi connectivity index (χ3n) is 3.02. The maximum Gasteiger partial charge on any atom is 0.312 e. The van der Waals surface area contributed by atoms with Crippen LogP contribution in [0.15, 0.2) is 18.2 Å². The summed E-state index contributed by atoms with van der Waals surface area (Å²) in [5, 5.41) is 9.34. The molecule has 0 saturated carbocycles. The van der Waals surface area contributed by atoms with Crippen molar-refractivity contribution in [3.05, 3.63) is 23.8 Å². The van der Waals surface area contributed by atoms with E-state index in [2.05, 4.69) is 0 Å². The molecular weight excluding hydrogens is 246 g/mol. The Morgan fingerprint density at radius 1 is 1.32 bits per heavy atom. The van der Waals surface area contributed by atoms with Gasteiger partial charge in [0.2, 0.25) is 0 Å². The number of carboxylic acids is 1. The number of hydrogen-bond acceptors (Lipinski definition) is 4. The van der Waals surface area contributed by atoms with Crippen molar-refractivity contribution < 1.29 is 19.4 Å². The number of likely N-dealkylation sites (N-methyl/N-ethyl adjacent to an activating group) is 1. The van der Waals surface area contributed by atoms with E-state index in [4.69, 9.17) is 9.47 Å². The predicted molar refractivity (Wildman–Crippen MR) is 71.0 cm³/mol. The lowest BCUT2D eigenvalue weighted by Crippen LogP contribution is -2.26. The first-order chi connectivity index (χ1) is 9.08. The highest BCUT2D eigenvalue weighted by Gasteiger charge is 2.22. The molecule has 1 heterocycles. The number of fused-ring (bicyclic) bond motifs is 1. The van der Waals surface area contributed by atoms with Gasteiger partial charge in [-0.2, -0.15) is 0 Å². The Balaban J connectivity index is 2.28. The second-order valence-corrected chi connectivity index (χ2v) is 4.91. The van der Waals surface area contributed by atoms with Crippen molar-refractivity contribution in [3.8, 4) is 11.5 Å². The fourth-order valence-electron chi connectivity index (χ4n) is 2.09. The molecule has 104 valence electrons. The van der Waals surface area contributed by atoms with Crippen molar-refractivity contribution in [1.82, 2.24) is 4.90 Å². The van der Waals surface area contributed by atoms with Crippen molar-refractivity contribution in [2.75, 3.05) is 33.9 Å². The normalized spacial score (nSPS) is 15.9. The molecule has 0 saturated heterocycles. The largest absolute Gasteiger partial charge is 0.490 e. The lowest BCUT2D eigenvalue weighted by Gasteiger charge is -2.18. The zero-order valence-electron chi connectivity index (χ0n) is 11.3. The van der Waals surface area contributed by atoms with Crippen LogP contribution in [0.1, 0.15) is 17.9 Å². The van der Waals surface area contributed by atoms with Crippen LogP contribution in [0.2, 0.25) is 0 Å². The first-order valence-corrected chi connectivity index (χ1v) is 6.35. The lowest BCUT2D eigenvalue weighted by atomic mass is 9.98. The van der Waals surface area contributed by atoms with Crippen molar-refractivity contribution >= 4 is 5.97 Å². The van der Waals surface area contributed by atoms with Crippen LogP contribution in [-0.4, -0.2) is 49.8 Å². The Morgan fingerprint density at radius 2 is 2.00 bits per heavy atom. The van der Waals surface area contributed by atoms with Crippen LogP contribution in [0.3, 0.4) is 0 Å². The first-order valence-electron chi connectivity index (χ1n) is 6.35. The van der Waals surface area contributed by atoms with Crippen LogP contribution in [0, 0.1) is 0 Å². The van der Waals surface area contributed by atoms with E-state index in [1.165, 1.54) is 0 Å². The summed E-state index contributed by atoms with van der Waals surface area (Å²) in [6.07, 6.45) is 0.837. The van der Waals surface area contributed by atoms with Gasteiger partial charge < -0.3 is 19.5 Å². The third kappa shape index (κ3) is 3.38. The molecule has 0 bridgehead atoms. The van der Waals surface area contributed by atoms with Gasteiger partial charge in [0.15, 0.2) is 11.5 Å². The van der Waals surface area contributed by atoms with Crippen molar-refractivity contribution in [2.45, 2.75) is 12.3 Å². The van der Waals surface area contributed by atoms with Gasteiger partial charge >= 0.3 is 5.97 Å². The average molecular weight is 265 g/mol. The molecule has 1 N–H and O–H groups in total. The molecule has 0 fully saturated rings. The zero-order valence-corrected chi connectivity index (χ0v) is 11.3. The SMILES string of the molecule is CN(C)CC(C(=O)O)c1ccc2c(c1)OCCCO2. The summed E-state index contributed by atoms with van der Waals surface area (Å²) in [5.74, 6) is -0.0643. The van der Waals surface area contributed by atoms with E-state index in [1.54, 1.807) is 18.2 Å². The fraction of sp³-hybridized carbons (Fsp3) is 0.500. The highest BCUT2D eigenvalue weighted by atomic mass is 16.5. The van der Waals surface area contributed by atoms with Gasteiger partial charge in [0.1, 0.15) is 0 Å². The summed E-state index contributed by atoms with van der Waals surface area (Å²) < 4.78 is 11.1. The third-order valence-corrected chi connectivity index (χ3v) is 3.02. The predicted octanol–water partition coefficient (Wildman–Crippen LogP) is 1.58. The molecule has 1 atom stereocenters. The maximum absolute atomic E-state index is 11.4. The zero-order chi connectivity index (χ0) is 13.8. The molecule has 1 aromatic carbocycles. The summed E-state index contributed by atoms with van der Waals surface area (Å²) in [6, 6.07) is 5.38. The topological polar surface area (TPSA) is 59.0 Å². The van der Waals surface area contributed by atoms with Crippen LogP contribution < -0.4 is 9.47 Å². The molecule has 0 aromatic heterocycles.